The molecular weight excluding hydrogens is 360 g/mol. The fraction of sp³-hybridized carbons (Fsp3) is 0.846. The van der Waals surface area contributed by atoms with Crippen LogP contribution in [0.2, 0.25) is 0 Å². The van der Waals surface area contributed by atoms with Gasteiger partial charge in [-0.3, -0.25) is 9.59 Å². The SMILES string of the molecule is CCCCCC=CCCC(=O)CCCCCCCCCCCCCCCC(=O)O. The van der Waals surface area contributed by atoms with Crippen LogP contribution in [0, 0.1) is 0 Å². The lowest BCUT2D eigenvalue weighted by molar-refractivity contribution is -0.137. The van der Waals surface area contributed by atoms with E-state index >= 15 is 0 Å². The number of carbonyl (C=O) groups excluding carboxylic acids is 1. The second-order valence-electron chi connectivity index (χ2n) is 8.53. The molecule has 170 valence electrons. The molecule has 0 aromatic rings. The fourth-order valence-corrected chi connectivity index (χ4v) is 3.66. The van der Waals surface area contributed by atoms with E-state index in [0.717, 1.165) is 44.9 Å². The highest BCUT2D eigenvalue weighted by atomic mass is 16.4. The Hall–Kier alpha value is -1.12. The van der Waals surface area contributed by atoms with Crippen molar-refractivity contribution in [2.45, 2.75) is 142 Å². The first kappa shape index (κ1) is 27.9. The topological polar surface area (TPSA) is 54.4 Å². The van der Waals surface area contributed by atoms with E-state index in [4.69, 9.17) is 5.11 Å². The van der Waals surface area contributed by atoms with Crippen LogP contribution in [0.3, 0.4) is 0 Å². The molecule has 0 heterocycles. The van der Waals surface area contributed by atoms with E-state index in [9.17, 15) is 9.59 Å². The molecule has 0 aliphatic rings. The van der Waals surface area contributed by atoms with Crippen LogP contribution in [0.1, 0.15) is 142 Å². The third-order valence-electron chi connectivity index (χ3n) is 5.58. The molecule has 0 radical (unpaired) electrons. The number of Topliss-reactive ketones (excluding diaryl/α,β-unsaturated/α-hetero) is 1. The summed E-state index contributed by atoms with van der Waals surface area (Å²) in [6.45, 7) is 2.22. The highest BCUT2D eigenvalue weighted by molar-refractivity contribution is 5.78. The van der Waals surface area contributed by atoms with Crippen molar-refractivity contribution in [3.8, 4) is 0 Å². The van der Waals surface area contributed by atoms with Crippen molar-refractivity contribution >= 4 is 11.8 Å². The zero-order valence-electron chi connectivity index (χ0n) is 19.3. The van der Waals surface area contributed by atoms with Gasteiger partial charge in [0.05, 0.1) is 0 Å². The van der Waals surface area contributed by atoms with Gasteiger partial charge >= 0.3 is 5.97 Å². The molecule has 0 rings (SSSR count). The predicted octanol–water partition coefficient (Wildman–Crippen LogP) is 8.41. The van der Waals surface area contributed by atoms with Crippen LogP contribution in [0.15, 0.2) is 12.2 Å². The van der Waals surface area contributed by atoms with Gasteiger partial charge in [-0.15, -0.1) is 0 Å². The summed E-state index contributed by atoms with van der Waals surface area (Å²) in [4.78, 5) is 22.3. The van der Waals surface area contributed by atoms with Gasteiger partial charge in [0.25, 0.3) is 0 Å². The predicted molar refractivity (Wildman–Crippen MR) is 124 cm³/mol. The van der Waals surface area contributed by atoms with Crippen LogP contribution in [0.5, 0.6) is 0 Å². The normalized spacial score (nSPS) is 11.3. The minimum Gasteiger partial charge on any atom is -0.481 e. The Morgan fingerprint density at radius 3 is 1.48 bits per heavy atom. The van der Waals surface area contributed by atoms with Crippen molar-refractivity contribution in [2.75, 3.05) is 0 Å². The van der Waals surface area contributed by atoms with Crippen molar-refractivity contribution in [1.29, 1.82) is 0 Å². The molecule has 0 saturated carbocycles. The number of carboxylic acids is 1. The summed E-state index contributed by atoms with van der Waals surface area (Å²) in [6, 6.07) is 0. The molecule has 0 aliphatic carbocycles. The second kappa shape index (κ2) is 23.2. The van der Waals surface area contributed by atoms with Crippen molar-refractivity contribution in [2.24, 2.45) is 0 Å². The fourth-order valence-electron chi connectivity index (χ4n) is 3.66. The van der Waals surface area contributed by atoms with Crippen LogP contribution in [0.25, 0.3) is 0 Å². The summed E-state index contributed by atoms with van der Waals surface area (Å²) in [7, 11) is 0. The van der Waals surface area contributed by atoms with Crippen LogP contribution >= 0.6 is 0 Å². The molecule has 29 heavy (non-hydrogen) atoms. The second-order valence-corrected chi connectivity index (χ2v) is 8.53. The first-order valence-corrected chi connectivity index (χ1v) is 12.5. The molecule has 0 bridgehead atoms. The van der Waals surface area contributed by atoms with Gasteiger partial charge in [-0.1, -0.05) is 103 Å². The quantitative estimate of drug-likeness (QED) is 0.136. The van der Waals surface area contributed by atoms with E-state index in [-0.39, 0.29) is 0 Å². The van der Waals surface area contributed by atoms with Crippen LogP contribution < -0.4 is 0 Å². The number of carboxylic acid groups (broad SMARTS) is 1. The Bertz CT molecular complexity index is 401. The molecule has 0 fully saturated rings. The Kier molecular flexibility index (Phi) is 22.3. The van der Waals surface area contributed by atoms with Gasteiger partial charge in [-0.2, -0.15) is 0 Å². The average Bonchev–Trinajstić information content (AvgIpc) is 2.70. The number of aliphatic carboxylic acids is 1. The maximum atomic E-state index is 11.9. The standard InChI is InChI=1S/C26H48O3/c1-2-3-4-5-13-16-19-22-25(27)23-20-17-14-11-9-7-6-8-10-12-15-18-21-24-26(28)29/h13,16H,2-12,14-15,17-24H2,1H3,(H,28,29). The third-order valence-corrected chi connectivity index (χ3v) is 5.58. The maximum Gasteiger partial charge on any atom is 0.303 e. The third kappa shape index (κ3) is 24.8. The first-order valence-electron chi connectivity index (χ1n) is 12.5. The largest absolute Gasteiger partial charge is 0.481 e. The number of carbonyl (C=O) groups is 2. The van der Waals surface area contributed by atoms with Gasteiger partial charge in [0, 0.05) is 19.3 Å². The first-order chi connectivity index (χ1) is 14.2. The summed E-state index contributed by atoms with van der Waals surface area (Å²) in [5.41, 5.74) is 0. The van der Waals surface area contributed by atoms with Gasteiger partial charge in [0.2, 0.25) is 0 Å². The smallest absolute Gasteiger partial charge is 0.303 e. The number of unbranched alkanes of at least 4 members (excludes halogenated alkanes) is 15. The van der Waals surface area contributed by atoms with Gasteiger partial charge in [0.1, 0.15) is 5.78 Å². The van der Waals surface area contributed by atoms with E-state index in [0.29, 0.717) is 12.2 Å². The van der Waals surface area contributed by atoms with Gasteiger partial charge in [-0.25, -0.2) is 0 Å². The van der Waals surface area contributed by atoms with Crippen LogP contribution in [-0.4, -0.2) is 16.9 Å². The number of allylic oxidation sites excluding steroid dienone is 2. The minimum atomic E-state index is -0.669. The van der Waals surface area contributed by atoms with E-state index in [1.807, 2.05) is 0 Å². The summed E-state index contributed by atoms with van der Waals surface area (Å²) in [5, 5.41) is 8.58. The van der Waals surface area contributed by atoms with Crippen molar-refractivity contribution in [1.82, 2.24) is 0 Å². The van der Waals surface area contributed by atoms with Crippen molar-refractivity contribution in [3.05, 3.63) is 12.2 Å². The molecule has 0 aromatic carbocycles. The molecule has 0 aliphatic heterocycles. The van der Waals surface area contributed by atoms with Crippen LogP contribution in [0.4, 0.5) is 0 Å². The molecule has 3 heteroatoms. The Morgan fingerprint density at radius 2 is 1.00 bits per heavy atom. The lowest BCUT2D eigenvalue weighted by Crippen LogP contribution is -1.96. The Balaban J connectivity index is 3.19. The number of hydrogen-bond acceptors (Lipinski definition) is 2. The highest BCUT2D eigenvalue weighted by Crippen LogP contribution is 2.14. The van der Waals surface area contributed by atoms with Crippen LogP contribution in [-0.2, 0) is 9.59 Å². The summed E-state index contributed by atoms with van der Waals surface area (Å²) < 4.78 is 0. The monoisotopic (exact) mass is 408 g/mol. The van der Waals surface area contributed by atoms with E-state index in [2.05, 4.69) is 19.1 Å². The zero-order chi connectivity index (χ0) is 21.4. The number of rotatable bonds is 23. The highest BCUT2D eigenvalue weighted by Gasteiger charge is 2.01. The van der Waals surface area contributed by atoms with E-state index in [1.54, 1.807) is 0 Å². The molecule has 0 amide bonds. The molecule has 0 aromatic heterocycles. The number of hydrogen-bond donors (Lipinski definition) is 1. The lowest BCUT2D eigenvalue weighted by atomic mass is 10.0. The molecule has 0 spiro atoms. The van der Waals surface area contributed by atoms with E-state index < -0.39 is 5.97 Å². The zero-order valence-corrected chi connectivity index (χ0v) is 19.3. The molecule has 1 N–H and O–H groups in total. The summed E-state index contributed by atoms with van der Waals surface area (Å²) >= 11 is 0. The van der Waals surface area contributed by atoms with Gasteiger partial charge in [0.15, 0.2) is 0 Å². The van der Waals surface area contributed by atoms with Gasteiger partial charge < -0.3 is 5.11 Å². The van der Waals surface area contributed by atoms with Gasteiger partial charge in [-0.05, 0) is 32.1 Å². The molecule has 3 nitrogen and oxygen atoms in total. The minimum absolute atomic E-state index is 0.324. The lowest BCUT2D eigenvalue weighted by Gasteiger charge is -2.03. The molecule has 0 atom stereocenters. The van der Waals surface area contributed by atoms with E-state index in [1.165, 1.54) is 83.5 Å². The molecule has 0 saturated heterocycles. The number of ketones is 1. The maximum absolute atomic E-state index is 11.9. The molecular formula is C26H48O3. The summed E-state index contributed by atoms with van der Waals surface area (Å²) in [5.74, 6) is -0.233. The average molecular weight is 409 g/mol. The molecule has 0 unspecified atom stereocenters. The Labute approximate surface area is 180 Å². The van der Waals surface area contributed by atoms with Crippen molar-refractivity contribution in [3.63, 3.8) is 0 Å². The van der Waals surface area contributed by atoms with Crippen molar-refractivity contribution < 1.29 is 14.7 Å². The summed E-state index contributed by atoms with van der Waals surface area (Å²) in [6.07, 6.45) is 28.0. The Morgan fingerprint density at radius 1 is 0.552 bits per heavy atom.